The second-order valence-electron chi connectivity index (χ2n) is 10.8. The van der Waals surface area contributed by atoms with Crippen molar-refractivity contribution in [3.63, 3.8) is 0 Å². The van der Waals surface area contributed by atoms with Gasteiger partial charge in [0, 0.05) is 56.9 Å². The first-order valence-electron chi connectivity index (χ1n) is 13.1. The van der Waals surface area contributed by atoms with Crippen molar-refractivity contribution in [1.29, 1.82) is 0 Å². The van der Waals surface area contributed by atoms with E-state index < -0.39 is 17.3 Å². The van der Waals surface area contributed by atoms with Gasteiger partial charge in [0.05, 0.1) is 24.6 Å². The number of ether oxygens (including phenoxy) is 2. The van der Waals surface area contributed by atoms with E-state index in [4.69, 9.17) is 9.47 Å². The standard InChI is InChI=1S/C26H35F4N5O2/c1-24(16-26(24,29)30)17-31-22-18-14-20(36-2)21(37-13-5-10-34-8-3-4-9-34)15-19(18)32-23(33-22)35-11-6-25(27,28)7-12-35/h14-15H,3-13,16-17H2,1-2H3,(H,31,32,33). The Bertz CT molecular complexity index is 1120. The van der Waals surface area contributed by atoms with Crippen LogP contribution < -0.4 is 19.7 Å². The molecule has 0 bridgehead atoms. The van der Waals surface area contributed by atoms with Crippen LogP contribution in [0.4, 0.5) is 29.3 Å². The third-order valence-corrected chi connectivity index (χ3v) is 7.84. The Morgan fingerprint density at radius 3 is 2.35 bits per heavy atom. The Kier molecular flexibility index (Phi) is 7.02. The zero-order valence-electron chi connectivity index (χ0n) is 21.5. The number of likely N-dealkylation sites (tertiary alicyclic amines) is 1. The minimum atomic E-state index is -2.72. The summed E-state index contributed by atoms with van der Waals surface area (Å²) in [6, 6.07) is 3.50. The Morgan fingerprint density at radius 1 is 1.00 bits per heavy atom. The molecule has 0 radical (unpaired) electrons. The van der Waals surface area contributed by atoms with E-state index in [1.54, 1.807) is 24.1 Å². The smallest absolute Gasteiger partial charge is 0.256 e. The summed E-state index contributed by atoms with van der Waals surface area (Å²) in [7, 11) is 1.54. The van der Waals surface area contributed by atoms with Gasteiger partial charge in [0.25, 0.3) is 11.8 Å². The quantitative estimate of drug-likeness (QED) is 0.338. The number of nitrogens with one attached hydrogen (secondary N) is 1. The molecule has 1 unspecified atom stereocenters. The van der Waals surface area contributed by atoms with Crippen LogP contribution in [0.1, 0.15) is 45.4 Å². The molecule has 3 heterocycles. The van der Waals surface area contributed by atoms with Gasteiger partial charge in [0.1, 0.15) is 5.82 Å². The Balaban J connectivity index is 1.40. The van der Waals surface area contributed by atoms with Gasteiger partial charge in [-0.1, -0.05) is 6.92 Å². The Hall–Kier alpha value is -2.56. The van der Waals surface area contributed by atoms with Gasteiger partial charge in [-0.25, -0.2) is 22.5 Å². The van der Waals surface area contributed by atoms with Gasteiger partial charge >= 0.3 is 0 Å². The van der Waals surface area contributed by atoms with Crippen LogP contribution in [-0.2, 0) is 0 Å². The predicted molar refractivity (Wildman–Crippen MR) is 134 cm³/mol. The van der Waals surface area contributed by atoms with Crippen molar-refractivity contribution in [2.24, 2.45) is 5.41 Å². The monoisotopic (exact) mass is 525 g/mol. The minimum Gasteiger partial charge on any atom is -0.493 e. The number of nitrogens with zero attached hydrogens (tertiary/aromatic N) is 4. The van der Waals surface area contributed by atoms with Crippen molar-refractivity contribution in [3.05, 3.63) is 12.1 Å². The molecular weight excluding hydrogens is 490 g/mol. The van der Waals surface area contributed by atoms with E-state index in [9.17, 15) is 17.6 Å². The molecule has 1 saturated carbocycles. The van der Waals surface area contributed by atoms with Gasteiger partial charge in [0.15, 0.2) is 11.5 Å². The summed E-state index contributed by atoms with van der Waals surface area (Å²) < 4.78 is 66.9. The molecular formula is C26H35F4N5O2. The molecule has 0 spiro atoms. The lowest BCUT2D eigenvalue weighted by Gasteiger charge is -2.32. The number of alkyl halides is 4. The van der Waals surface area contributed by atoms with Crippen LogP contribution in [0.2, 0.25) is 0 Å². The van der Waals surface area contributed by atoms with Crippen molar-refractivity contribution in [3.8, 4) is 11.5 Å². The summed E-state index contributed by atoms with van der Waals surface area (Å²) in [5.41, 5.74) is -0.618. The van der Waals surface area contributed by atoms with Gasteiger partial charge in [-0.05, 0) is 38.4 Å². The number of anilines is 2. The van der Waals surface area contributed by atoms with Crippen LogP contribution in [-0.4, -0.2) is 79.7 Å². The minimum absolute atomic E-state index is 0.0285. The van der Waals surface area contributed by atoms with E-state index in [1.165, 1.54) is 19.8 Å². The SMILES string of the molecule is COc1cc2c(NCC3(C)CC3(F)F)nc(N3CCC(F)(F)CC3)nc2cc1OCCCN1CCCC1. The fourth-order valence-corrected chi connectivity index (χ4v) is 5.10. The van der Waals surface area contributed by atoms with Gasteiger partial charge in [-0.15, -0.1) is 0 Å². The molecule has 1 N–H and O–H groups in total. The largest absolute Gasteiger partial charge is 0.493 e. The van der Waals surface area contributed by atoms with E-state index in [0.717, 1.165) is 26.1 Å². The average molecular weight is 526 g/mol. The first kappa shape index (κ1) is 26.1. The summed E-state index contributed by atoms with van der Waals surface area (Å²) in [6.07, 6.45) is 2.60. The molecule has 2 saturated heterocycles. The molecule has 1 aliphatic carbocycles. The predicted octanol–water partition coefficient (Wildman–Crippen LogP) is 5.20. The molecule has 0 amide bonds. The highest BCUT2D eigenvalue weighted by Crippen LogP contribution is 2.60. The topological polar surface area (TPSA) is 62.8 Å². The number of fused-ring (bicyclic) bond motifs is 1. The highest BCUT2D eigenvalue weighted by atomic mass is 19.3. The molecule has 3 fully saturated rings. The fourth-order valence-electron chi connectivity index (χ4n) is 5.10. The van der Waals surface area contributed by atoms with Crippen molar-refractivity contribution in [2.45, 2.75) is 57.3 Å². The summed E-state index contributed by atoms with van der Waals surface area (Å²) >= 11 is 0. The number of hydrogen-bond donors (Lipinski definition) is 1. The molecule has 2 aromatic rings. The number of piperidine rings is 1. The highest BCUT2D eigenvalue weighted by molar-refractivity contribution is 5.92. The van der Waals surface area contributed by atoms with Crippen LogP contribution in [0.3, 0.4) is 0 Å². The summed E-state index contributed by atoms with van der Waals surface area (Å²) in [6.45, 7) is 5.53. The lowest BCUT2D eigenvalue weighted by atomic mass is 10.1. The number of methoxy groups -OCH3 is 1. The van der Waals surface area contributed by atoms with Gasteiger partial charge < -0.3 is 24.6 Å². The third kappa shape index (κ3) is 5.66. The lowest BCUT2D eigenvalue weighted by Crippen LogP contribution is -2.40. The maximum absolute atomic E-state index is 13.9. The molecule has 3 aliphatic rings. The van der Waals surface area contributed by atoms with Gasteiger partial charge in [-0.2, -0.15) is 4.98 Å². The van der Waals surface area contributed by atoms with E-state index in [-0.39, 0.29) is 38.9 Å². The van der Waals surface area contributed by atoms with Crippen molar-refractivity contribution >= 4 is 22.7 Å². The normalized spacial score (nSPS) is 24.9. The van der Waals surface area contributed by atoms with Crippen LogP contribution >= 0.6 is 0 Å². The van der Waals surface area contributed by atoms with Crippen molar-refractivity contribution < 1.29 is 27.0 Å². The van der Waals surface area contributed by atoms with Crippen LogP contribution in [0.25, 0.3) is 10.9 Å². The molecule has 1 atom stereocenters. The van der Waals surface area contributed by atoms with E-state index >= 15 is 0 Å². The number of benzene rings is 1. The first-order chi connectivity index (χ1) is 17.6. The number of hydrogen-bond acceptors (Lipinski definition) is 7. The zero-order chi connectivity index (χ0) is 26.3. The van der Waals surface area contributed by atoms with Crippen LogP contribution in [0.5, 0.6) is 11.5 Å². The van der Waals surface area contributed by atoms with Crippen molar-refractivity contribution in [2.75, 3.05) is 63.2 Å². The zero-order valence-corrected chi connectivity index (χ0v) is 21.5. The first-order valence-corrected chi connectivity index (χ1v) is 13.1. The average Bonchev–Trinajstić information content (AvgIpc) is 3.17. The molecule has 37 heavy (non-hydrogen) atoms. The Morgan fingerprint density at radius 2 is 1.70 bits per heavy atom. The molecule has 1 aromatic heterocycles. The van der Waals surface area contributed by atoms with E-state index in [1.807, 2.05) is 0 Å². The molecule has 2 aliphatic heterocycles. The second-order valence-corrected chi connectivity index (χ2v) is 10.8. The molecule has 7 nitrogen and oxygen atoms in total. The highest BCUT2D eigenvalue weighted by Gasteiger charge is 2.67. The van der Waals surface area contributed by atoms with E-state index in [0.29, 0.717) is 40.8 Å². The number of halogens is 4. The summed E-state index contributed by atoms with van der Waals surface area (Å²) in [4.78, 5) is 13.4. The Labute approximate surface area is 214 Å². The van der Waals surface area contributed by atoms with Crippen LogP contribution in [0, 0.1) is 5.41 Å². The fraction of sp³-hybridized carbons (Fsp3) is 0.692. The molecule has 1 aromatic carbocycles. The third-order valence-electron chi connectivity index (χ3n) is 7.84. The second kappa shape index (κ2) is 9.96. The molecule has 204 valence electrons. The molecule has 11 heteroatoms. The summed E-state index contributed by atoms with van der Waals surface area (Å²) in [5.74, 6) is -3.74. The maximum Gasteiger partial charge on any atom is 0.256 e. The summed E-state index contributed by atoms with van der Waals surface area (Å²) in [5, 5.41) is 3.69. The lowest BCUT2D eigenvalue weighted by molar-refractivity contribution is -0.0222. The number of rotatable bonds is 10. The van der Waals surface area contributed by atoms with E-state index in [2.05, 4.69) is 20.2 Å². The molecule has 5 rings (SSSR count). The van der Waals surface area contributed by atoms with Crippen molar-refractivity contribution in [1.82, 2.24) is 14.9 Å². The van der Waals surface area contributed by atoms with Gasteiger partial charge in [-0.3, -0.25) is 0 Å². The maximum atomic E-state index is 13.9. The van der Waals surface area contributed by atoms with Crippen LogP contribution in [0.15, 0.2) is 12.1 Å². The number of aromatic nitrogens is 2. The van der Waals surface area contributed by atoms with Gasteiger partial charge in [0.2, 0.25) is 5.95 Å².